The summed E-state index contributed by atoms with van der Waals surface area (Å²) in [5.41, 5.74) is 0.887. The van der Waals surface area contributed by atoms with Gasteiger partial charge in [0.1, 0.15) is 5.76 Å². The molecule has 2 rings (SSSR count). The number of hydrogen-bond donors (Lipinski definition) is 1. The Morgan fingerprint density at radius 2 is 2.15 bits per heavy atom. The molecule has 1 aromatic carbocycles. The van der Waals surface area contributed by atoms with E-state index < -0.39 is 5.97 Å². The second-order valence-corrected chi connectivity index (χ2v) is 5.47. The highest BCUT2D eigenvalue weighted by atomic mass is 79.9. The second-order valence-electron chi connectivity index (χ2n) is 4.18. The van der Waals surface area contributed by atoms with Crippen LogP contribution in [0.4, 0.5) is 5.69 Å². The number of ether oxygens (including phenoxy) is 1. The molecule has 0 amide bonds. The third kappa shape index (κ3) is 3.35. The minimum absolute atomic E-state index is 0.106. The lowest BCUT2D eigenvalue weighted by Gasteiger charge is -2.14. The Labute approximate surface area is 130 Å². The van der Waals surface area contributed by atoms with Crippen LogP contribution in [0.2, 0.25) is 5.02 Å². The molecule has 1 N–H and O–H groups in total. The highest BCUT2D eigenvalue weighted by Crippen LogP contribution is 2.29. The maximum atomic E-state index is 11.3. The summed E-state index contributed by atoms with van der Waals surface area (Å²) in [4.78, 5) is 11.3. The molecule has 0 bridgehead atoms. The molecule has 4 nitrogen and oxygen atoms in total. The number of rotatable bonds is 4. The Balaban J connectivity index is 2.13. The van der Waals surface area contributed by atoms with Crippen LogP contribution in [-0.2, 0) is 4.74 Å². The van der Waals surface area contributed by atoms with E-state index in [9.17, 15) is 4.79 Å². The third-order valence-corrected chi connectivity index (χ3v) is 3.63. The van der Waals surface area contributed by atoms with Crippen molar-refractivity contribution in [3.05, 3.63) is 51.3 Å². The molecule has 1 unspecified atom stereocenters. The number of nitrogens with one attached hydrogen (secondary N) is 1. The minimum atomic E-state index is -0.490. The van der Waals surface area contributed by atoms with Crippen molar-refractivity contribution in [2.75, 3.05) is 12.4 Å². The zero-order valence-electron chi connectivity index (χ0n) is 10.9. The van der Waals surface area contributed by atoms with E-state index >= 15 is 0 Å². The fourth-order valence-corrected chi connectivity index (χ4v) is 2.50. The number of benzene rings is 1. The van der Waals surface area contributed by atoms with Gasteiger partial charge in [0.2, 0.25) is 5.76 Å². The van der Waals surface area contributed by atoms with Crippen molar-refractivity contribution in [1.29, 1.82) is 0 Å². The predicted molar refractivity (Wildman–Crippen MR) is 81.2 cm³/mol. The van der Waals surface area contributed by atoms with Crippen LogP contribution in [0.3, 0.4) is 0 Å². The lowest BCUT2D eigenvalue weighted by atomic mass is 10.2. The van der Waals surface area contributed by atoms with Crippen molar-refractivity contribution in [1.82, 2.24) is 0 Å². The first-order valence-electron chi connectivity index (χ1n) is 5.91. The van der Waals surface area contributed by atoms with E-state index in [1.165, 1.54) is 7.11 Å². The summed E-state index contributed by atoms with van der Waals surface area (Å²) in [5, 5.41) is 3.93. The van der Waals surface area contributed by atoms with Gasteiger partial charge in [-0.15, -0.1) is 0 Å². The smallest absolute Gasteiger partial charge is 0.373 e. The topological polar surface area (TPSA) is 51.5 Å². The Morgan fingerprint density at radius 1 is 1.40 bits per heavy atom. The molecule has 0 aliphatic carbocycles. The van der Waals surface area contributed by atoms with Gasteiger partial charge in [-0.2, -0.15) is 0 Å². The molecule has 1 atom stereocenters. The van der Waals surface area contributed by atoms with Crippen LogP contribution in [-0.4, -0.2) is 13.1 Å². The van der Waals surface area contributed by atoms with Crippen molar-refractivity contribution >= 4 is 39.2 Å². The van der Waals surface area contributed by atoms with Gasteiger partial charge in [-0.25, -0.2) is 4.79 Å². The first-order chi connectivity index (χ1) is 9.51. The zero-order chi connectivity index (χ0) is 14.7. The number of hydrogen-bond acceptors (Lipinski definition) is 4. The van der Waals surface area contributed by atoms with Gasteiger partial charge < -0.3 is 14.5 Å². The monoisotopic (exact) mass is 357 g/mol. The summed E-state index contributed by atoms with van der Waals surface area (Å²) in [7, 11) is 1.32. The fraction of sp³-hybridized carbons (Fsp3) is 0.214. The maximum Gasteiger partial charge on any atom is 0.373 e. The highest BCUT2D eigenvalue weighted by molar-refractivity contribution is 9.10. The lowest BCUT2D eigenvalue weighted by Crippen LogP contribution is -2.06. The van der Waals surface area contributed by atoms with Gasteiger partial charge in [0.05, 0.1) is 13.2 Å². The molecular formula is C14H13BrClNO3. The lowest BCUT2D eigenvalue weighted by molar-refractivity contribution is 0.0562. The van der Waals surface area contributed by atoms with Gasteiger partial charge in [0.15, 0.2) is 0 Å². The molecule has 6 heteroatoms. The molecule has 0 saturated carbocycles. The Kier molecular flexibility index (Phi) is 4.73. The van der Waals surface area contributed by atoms with Crippen LogP contribution in [0.5, 0.6) is 0 Å². The van der Waals surface area contributed by atoms with Crippen molar-refractivity contribution in [2.24, 2.45) is 0 Å². The van der Waals surface area contributed by atoms with Crippen LogP contribution in [0.15, 0.2) is 39.2 Å². The number of carbonyl (C=O) groups excluding carboxylic acids is 1. The first kappa shape index (κ1) is 14.9. The number of anilines is 1. The number of esters is 1. The first-order valence-corrected chi connectivity index (χ1v) is 7.08. The van der Waals surface area contributed by atoms with Crippen LogP contribution < -0.4 is 5.32 Å². The Bertz CT molecular complexity index is 627. The molecule has 1 heterocycles. The van der Waals surface area contributed by atoms with Crippen molar-refractivity contribution in [2.45, 2.75) is 13.0 Å². The number of methoxy groups -OCH3 is 1. The summed E-state index contributed by atoms with van der Waals surface area (Å²) in [5.74, 6) is 0.342. The van der Waals surface area contributed by atoms with Crippen LogP contribution in [0, 0.1) is 0 Å². The average Bonchev–Trinajstić information content (AvgIpc) is 2.90. The number of carbonyl (C=O) groups is 1. The van der Waals surface area contributed by atoms with Crippen LogP contribution in [0.1, 0.15) is 29.3 Å². The normalized spacial score (nSPS) is 12.0. The maximum absolute atomic E-state index is 11.3. The molecule has 0 saturated heterocycles. The fourth-order valence-electron chi connectivity index (χ4n) is 1.71. The van der Waals surface area contributed by atoms with Gasteiger partial charge in [0, 0.05) is 15.2 Å². The molecule has 2 aromatic rings. The van der Waals surface area contributed by atoms with Gasteiger partial charge in [-0.3, -0.25) is 0 Å². The third-order valence-electron chi connectivity index (χ3n) is 2.74. The van der Waals surface area contributed by atoms with E-state index in [4.69, 9.17) is 16.0 Å². The van der Waals surface area contributed by atoms with Crippen molar-refractivity contribution in [3.63, 3.8) is 0 Å². The molecule has 0 fully saturated rings. The number of halogens is 2. The molecule has 0 spiro atoms. The molecule has 0 aliphatic rings. The van der Waals surface area contributed by atoms with Gasteiger partial charge in [0.25, 0.3) is 0 Å². The standard InChI is InChI=1S/C14H13BrClNO3/c1-8(12-5-6-13(20-12)14(18)19-2)17-11-4-3-9(16)7-10(11)15/h3-8,17H,1-2H3. The van der Waals surface area contributed by atoms with Crippen LogP contribution >= 0.6 is 27.5 Å². The molecule has 20 heavy (non-hydrogen) atoms. The SMILES string of the molecule is COC(=O)c1ccc(C(C)Nc2ccc(Cl)cc2Br)o1. The van der Waals surface area contributed by atoms with E-state index in [1.54, 1.807) is 24.3 Å². The van der Waals surface area contributed by atoms with E-state index in [2.05, 4.69) is 26.0 Å². The Morgan fingerprint density at radius 3 is 2.80 bits per heavy atom. The highest BCUT2D eigenvalue weighted by Gasteiger charge is 2.16. The number of furan rings is 1. The second kappa shape index (κ2) is 6.33. The van der Waals surface area contributed by atoms with Gasteiger partial charge in [-0.05, 0) is 53.2 Å². The van der Waals surface area contributed by atoms with E-state index in [0.717, 1.165) is 10.2 Å². The minimum Gasteiger partial charge on any atom is -0.463 e. The molecule has 0 aliphatic heterocycles. The molecule has 0 radical (unpaired) electrons. The van der Waals surface area contributed by atoms with Gasteiger partial charge in [-0.1, -0.05) is 11.6 Å². The molecular weight excluding hydrogens is 346 g/mol. The van der Waals surface area contributed by atoms with Crippen molar-refractivity contribution < 1.29 is 13.9 Å². The summed E-state index contributed by atoms with van der Waals surface area (Å²) in [6, 6.07) is 8.70. The summed E-state index contributed by atoms with van der Waals surface area (Å²) >= 11 is 9.33. The van der Waals surface area contributed by atoms with Gasteiger partial charge >= 0.3 is 5.97 Å². The zero-order valence-corrected chi connectivity index (χ0v) is 13.3. The largest absolute Gasteiger partial charge is 0.463 e. The summed E-state index contributed by atoms with van der Waals surface area (Å²) in [6.45, 7) is 1.93. The predicted octanol–water partition coefficient (Wildman–Crippen LogP) is 4.66. The Hall–Kier alpha value is -1.46. The average molecular weight is 359 g/mol. The quantitative estimate of drug-likeness (QED) is 0.808. The van der Waals surface area contributed by atoms with E-state index in [0.29, 0.717) is 10.8 Å². The van der Waals surface area contributed by atoms with Crippen molar-refractivity contribution in [3.8, 4) is 0 Å². The van der Waals surface area contributed by atoms with E-state index in [-0.39, 0.29) is 11.8 Å². The van der Waals surface area contributed by atoms with Crippen LogP contribution in [0.25, 0.3) is 0 Å². The van der Waals surface area contributed by atoms with E-state index in [1.807, 2.05) is 13.0 Å². The molecule has 106 valence electrons. The summed E-state index contributed by atoms with van der Waals surface area (Å²) in [6.07, 6.45) is 0. The molecule has 1 aromatic heterocycles. The summed E-state index contributed by atoms with van der Waals surface area (Å²) < 4.78 is 10.9.